The Hall–Kier alpha value is -3.17. The lowest BCUT2D eigenvalue weighted by Gasteiger charge is -2.31. The number of esters is 1. The van der Waals surface area contributed by atoms with Crippen molar-refractivity contribution < 1.29 is 18.9 Å². The van der Waals surface area contributed by atoms with Crippen molar-refractivity contribution in [3.05, 3.63) is 40.6 Å². The molecule has 0 aromatic carbocycles. The van der Waals surface area contributed by atoms with Crippen LogP contribution in [0.2, 0.25) is 0 Å². The van der Waals surface area contributed by atoms with Crippen LogP contribution < -0.4 is 10.2 Å². The van der Waals surface area contributed by atoms with Gasteiger partial charge in [-0.2, -0.15) is 0 Å². The first kappa shape index (κ1) is 18.6. The fraction of sp³-hybridized carbons (Fsp3) is 0.471. The van der Waals surface area contributed by atoms with Crippen LogP contribution in [-0.2, 0) is 16.1 Å². The second-order valence-corrected chi connectivity index (χ2v) is 6.10. The maximum absolute atomic E-state index is 11.9. The number of anilines is 2. The van der Waals surface area contributed by atoms with E-state index >= 15 is 0 Å². The Morgan fingerprint density at radius 2 is 2.22 bits per heavy atom. The maximum atomic E-state index is 11.9. The molecule has 0 bridgehead atoms. The van der Waals surface area contributed by atoms with Gasteiger partial charge in [0.2, 0.25) is 11.6 Å². The molecule has 0 amide bonds. The van der Waals surface area contributed by atoms with Gasteiger partial charge >= 0.3 is 11.7 Å². The first-order valence-corrected chi connectivity index (χ1v) is 8.77. The molecule has 2 aromatic rings. The monoisotopic (exact) mass is 375 g/mol. The Labute approximate surface area is 155 Å². The minimum Gasteiger partial charge on any atom is -0.467 e. The Morgan fingerprint density at radius 1 is 1.44 bits per heavy atom. The van der Waals surface area contributed by atoms with E-state index < -0.39 is 4.92 Å². The molecular formula is C17H21N5O5. The average molecular weight is 375 g/mol. The zero-order valence-corrected chi connectivity index (χ0v) is 15.0. The molecule has 3 rings (SSSR count). The molecule has 0 radical (unpaired) electrons. The molecule has 1 fully saturated rings. The normalized spacial score (nSPS) is 14.8. The van der Waals surface area contributed by atoms with Crippen LogP contribution >= 0.6 is 0 Å². The van der Waals surface area contributed by atoms with Gasteiger partial charge < -0.3 is 19.4 Å². The lowest BCUT2D eigenvalue weighted by Crippen LogP contribution is -2.37. The summed E-state index contributed by atoms with van der Waals surface area (Å²) in [6.07, 6.45) is 3.96. The van der Waals surface area contributed by atoms with Crippen LogP contribution in [0.15, 0.2) is 29.1 Å². The van der Waals surface area contributed by atoms with Crippen LogP contribution in [0.5, 0.6) is 0 Å². The van der Waals surface area contributed by atoms with Crippen LogP contribution in [0.3, 0.4) is 0 Å². The number of hydrogen-bond donors (Lipinski definition) is 1. The second kappa shape index (κ2) is 8.47. The molecule has 0 unspecified atom stereocenters. The minimum atomic E-state index is -0.489. The van der Waals surface area contributed by atoms with Crippen molar-refractivity contribution in [2.24, 2.45) is 5.92 Å². The number of piperidine rings is 1. The van der Waals surface area contributed by atoms with Crippen LogP contribution in [0, 0.1) is 16.0 Å². The van der Waals surface area contributed by atoms with E-state index in [1.54, 1.807) is 19.1 Å². The van der Waals surface area contributed by atoms with Gasteiger partial charge in [-0.25, -0.2) is 9.97 Å². The van der Waals surface area contributed by atoms with Crippen LogP contribution in [0.4, 0.5) is 17.3 Å². The summed E-state index contributed by atoms with van der Waals surface area (Å²) in [7, 11) is 0. The Morgan fingerprint density at radius 3 is 2.85 bits per heavy atom. The van der Waals surface area contributed by atoms with E-state index in [9.17, 15) is 14.9 Å². The summed E-state index contributed by atoms with van der Waals surface area (Å²) in [5.41, 5.74) is -0.182. The molecule has 0 spiro atoms. The molecule has 0 saturated carbocycles. The molecule has 0 aliphatic carbocycles. The molecule has 144 valence electrons. The largest absolute Gasteiger partial charge is 0.467 e. The van der Waals surface area contributed by atoms with Crippen molar-refractivity contribution in [3.63, 3.8) is 0 Å². The van der Waals surface area contributed by atoms with E-state index in [1.165, 1.54) is 12.6 Å². The third kappa shape index (κ3) is 4.33. The number of furan rings is 1. The van der Waals surface area contributed by atoms with Crippen molar-refractivity contribution >= 4 is 23.3 Å². The number of ether oxygens (including phenoxy) is 1. The maximum Gasteiger partial charge on any atom is 0.353 e. The van der Waals surface area contributed by atoms with Gasteiger partial charge in [-0.1, -0.05) is 0 Å². The average Bonchev–Trinajstić information content (AvgIpc) is 3.20. The summed E-state index contributed by atoms with van der Waals surface area (Å²) in [4.78, 5) is 33.0. The van der Waals surface area contributed by atoms with Crippen molar-refractivity contribution in [2.75, 3.05) is 29.9 Å². The van der Waals surface area contributed by atoms with Gasteiger partial charge in [0.25, 0.3) is 0 Å². The van der Waals surface area contributed by atoms with Crippen molar-refractivity contribution in [1.29, 1.82) is 0 Å². The molecule has 1 saturated heterocycles. The SMILES string of the molecule is CCOC(=O)C1CCN(c2ncnc(NCc3ccco3)c2[N+](=O)[O-])CC1. The van der Waals surface area contributed by atoms with Gasteiger partial charge in [0.1, 0.15) is 12.1 Å². The number of nitrogens with one attached hydrogen (secondary N) is 1. The van der Waals surface area contributed by atoms with E-state index in [0.717, 1.165) is 0 Å². The molecule has 1 N–H and O–H groups in total. The Bertz CT molecular complexity index is 787. The number of hydrogen-bond acceptors (Lipinski definition) is 9. The predicted octanol–water partition coefficient (Wildman–Crippen LogP) is 2.37. The van der Waals surface area contributed by atoms with Crippen molar-refractivity contribution in [1.82, 2.24) is 9.97 Å². The van der Waals surface area contributed by atoms with E-state index in [4.69, 9.17) is 9.15 Å². The highest BCUT2D eigenvalue weighted by molar-refractivity contribution is 5.74. The van der Waals surface area contributed by atoms with E-state index in [1.807, 2.05) is 4.90 Å². The highest BCUT2D eigenvalue weighted by Gasteiger charge is 2.32. The second-order valence-electron chi connectivity index (χ2n) is 6.10. The standard InChI is InChI=1S/C17H21N5O5/c1-2-26-17(23)12-5-7-21(8-6-12)16-14(22(24)25)15(19-11-20-16)18-10-13-4-3-9-27-13/h3-4,9,11-12H,2,5-8,10H2,1H3,(H,18,19,20). The quantitative estimate of drug-likeness (QED) is 0.441. The first-order chi connectivity index (χ1) is 13.1. The molecular weight excluding hydrogens is 354 g/mol. The molecule has 27 heavy (non-hydrogen) atoms. The minimum absolute atomic E-state index is 0.133. The molecule has 1 aliphatic rings. The van der Waals surface area contributed by atoms with Gasteiger partial charge in [-0.05, 0) is 31.9 Å². The third-order valence-corrected chi connectivity index (χ3v) is 4.41. The summed E-state index contributed by atoms with van der Waals surface area (Å²) in [5.74, 6) is 0.627. The molecule has 1 aliphatic heterocycles. The van der Waals surface area contributed by atoms with Crippen LogP contribution in [0.1, 0.15) is 25.5 Å². The zero-order valence-electron chi connectivity index (χ0n) is 15.0. The van der Waals surface area contributed by atoms with Gasteiger partial charge in [0.05, 0.1) is 30.3 Å². The number of carbonyl (C=O) groups excluding carboxylic acids is 1. The zero-order chi connectivity index (χ0) is 19.2. The van der Waals surface area contributed by atoms with Gasteiger partial charge in [-0.3, -0.25) is 14.9 Å². The van der Waals surface area contributed by atoms with E-state index in [-0.39, 0.29) is 35.8 Å². The highest BCUT2D eigenvalue weighted by atomic mass is 16.6. The number of rotatable bonds is 7. The summed E-state index contributed by atoms with van der Waals surface area (Å²) in [6, 6.07) is 3.51. The fourth-order valence-corrected chi connectivity index (χ4v) is 3.07. The lowest BCUT2D eigenvalue weighted by atomic mass is 9.97. The summed E-state index contributed by atoms with van der Waals surface area (Å²) in [5, 5.41) is 14.6. The molecule has 0 atom stereocenters. The number of nitrogens with zero attached hydrogens (tertiary/aromatic N) is 4. The molecule has 2 aromatic heterocycles. The smallest absolute Gasteiger partial charge is 0.353 e. The summed E-state index contributed by atoms with van der Waals surface area (Å²) < 4.78 is 10.3. The van der Waals surface area contributed by atoms with Crippen molar-refractivity contribution in [3.8, 4) is 0 Å². The van der Waals surface area contributed by atoms with Gasteiger partial charge in [-0.15, -0.1) is 0 Å². The number of nitro groups is 1. The lowest BCUT2D eigenvalue weighted by molar-refractivity contribution is -0.383. The predicted molar refractivity (Wildman–Crippen MR) is 96.3 cm³/mol. The first-order valence-electron chi connectivity index (χ1n) is 8.77. The number of carbonyl (C=O) groups is 1. The third-order valence-electron chi connectivity index (χ3n) is 4.41. The van der Waals surface area contributed by atoms with E-state index in [2.05, 4.69) is 15.3 Å². The Balaban J connectivity index is 1.74. The summed E-state index contributed by atoms with van der Waals surface area (Å²) >= 11 is 0. The van der Waals surface area contributed by atoms with E-state index in [0.29, 0.717) is 38.3 Å². The topological polar surface area (TPSA) is 124 Å². The van der Waals surface area contributed by atoms with Gasteiger partial charge in [0, 0.05) is 13.1 Å². The summed E-state index contributed by atoms with van der Waals surface area (Å²) in [6.45, 7) is 3.36. The van der Waals surface area contributed by atoms with Crippen LogP contribution in [-0.4, -0.2) is 40.6 Å². The fourth-order valence-electron chi connectivity index (χ4n) is 3.07. The highest BCUT2D eigenvalue weighted by Crippen LogP contribution is 2.34. The van der Waals surface area contributed by atoms with Crippen LogP contribution in [0.25, 0.3) is 0 Å². The molecule has 10 nitrogen and oxygen atoms in total. The number of aromatic nitrogens is 2. The van der Waals surface area contributed by atoms with Crippen molar-refractivity contribution in [2.45, 2.75) is 26.3 Å². The molecule has 10 heteroatoms. The van der Waals surface area contributed by atoms with Gasteiger partial charge in [0.15, 0.2) is 0 Å². The molecule has 3 heterocycles. The Kier molecular flexibility index (Phi) is 5.84.